The number of hydrogen-bond acceptors (Lipinski definition) is 3. The van der Waals surface area contributed by atoms with Crippen molar-refractivity contribution in [3.8, 4) is 5.75 Å². The summed E-state index contributed by atoms with van der Waals surface area (Å²) in [4.78, 5) is 15.3. The van der Waals surface area contributed by atoms with E-state index < -0.39 is 28.9 Å². The van der Waals surface area contributed by atoms with E-state index in [1.54, 1.807) is 6.08 Å². The summed E-state index contributed by atoms with van der Waals surface area (Å²) in [6, 6.07) is 9.32. The van der Waals surface area contributed by atoms with Crippen LogP contribution in [0.15, 0.2) is 60.7 Å². The Morgan fingerprint density at radius 1 is 0.943 bits per heavy atom. The molecule has 2 aliphatic rings. The highest BCUT2D eigenvalue weighted by Crippen LogP contribution is 2.40. The van der Waals surface area contributed by atoms with E-state index in [1.807, 2.05) is 11.0 Å². The first-order valence-electron chi connectivity index (χ1n) is 11.4. The number of benzene rings is 2. The number of alkyl halides is 6. The topological polar surface area (TPSA) is 29.5 Å². The summed E-state index contributed by atoms with van der Waals surface area (Å²) in [5.74, 6) is 0.397. The Balaban J connectivity index is 1.34. The molecule has 3 nitrogen and oxygen atoms in total. The Hall–Kier alpha value is -2.81. The first kappa shape index (κ1) is 25.3. The van der Waals surface area contributed by atoms with Gasteiger partial charge in [-0.2, -0.15) is 26.3 Å². The van der Waals surface area contributed by atoms with Gasteiger partial charge in [-0.3, -0.25) is 9.69 Å². The van der Waals surface area contributed by atoms with Crippen LogP contribution in [0.4, 0.5) is 26.3 Å². The molecular formula is C26H25F6NO2. The molecule has 0 amide bonds. The van der Waals surface area contributed by atoms with Crippen LogP contribution in [-0.4, -0.2) is 36.9 Å². The monoisotopic (exact) mass is 497 g/mol. The molecule has 0 spiro atoms. The van der Waals surface area contributed by atoms with Gasteiger partial charge in [0.1, 0.15) is 5.75 Å². The lowest BCUT2D eigenvalue weighted by molar-refractivity contribution is -0.138. The van der Waals surface area contributed by atoms with Gasteiger partial charge in [0.15, 0.2) is 5.78 Å². The van der Waals surface area contributed by atoms with Gasteiger partial charge in [0.2, 0.25) is 0 Å². The Kier molecular flexibility index (Phi) is 6.99. The second-order valence-corrected chi connectivity index (χ2v) is 9.15. The molecule has 2 aromatic carbocycles. The lowest BCUT2D eigenvalue weighted by atomic mass is 9.67. The summed E-state index contributed by atoms with van der Waals surface area (Å²) in [6.45, 7) is 1.80. The van der Waals surface area contributed by atoms with Gasteiger partial charge in [-0.25, -0.2) is 0 Å². The molecule has 2 atom stereocenters. The van der Waals surface area contributed by atoms with Crippen LogP contribution in [-0.2, 0) is 22.6 Å². The molecular weight excluding hydrogens is 472 g/mol. The van der Waals surface area contributed by atoms with Crippen molar-refractivity contribution >= 4 is 5.78 Å². The van der Waals surface area contributed by atoms with Crippen molar-refractivity contribution < 1.29 is 35.9 Å². The van der Waals surface area contributed by atoms with Gasteiger partial charge in [-0.1, -0.05) is 24.3 Å². The summed E-state index contributed by atoms with van der Waals surface area (Å²) in [5, 5.41) is 0. The van der Waals surface area contributed by atoms with Crippen LogP contribution in [0.5, 0.6) is 5.75 Å². The first-order valence-corrected chi connectivity index (χ1v) is 11.4. The van der Waals surface area contributed by atoms with Crippen LogP contribution in [0.2, 0.25) is 0 Å². The third-order valence-electron chi connectivity index (χ3n) is 6.70. The number of likely N-dealkylation sites (tertiary alicyclic amines) is 1. The van der Waals surface area contributed by atoms with Gasteiger partial charge in [0.05, 0.1) is 29.7 Å². The fraction of sp³-hybridized carbons (Fsp3) is 0.423. The number of carbonyl (C=O) groups excluding carboxylic acids is 1. The van der Waals surface area contributed by atoms with E-state index in [1.165, 1.54) is 24.3 Å². The Labute approximate surface area is 199 Å². The van der Waals surface area contributed by atoms with Gasteiger partial charge in [-0.05, 0) is 67.8 Å². The maximum Gasteiger partial charge on any atom is 0.416 e. The van der Waals surface area contributed by atoms with Crippen LogP contribution < -0.4 is 4.74 Å². The molecule has 0 radical (unpaired) electrons. The maximum atomic E-state index is 13.3. The minimum atomic E-state index is -4.43. The van der Waals surface area contributed by atoms with Crippen LogP contribution in [0.1, 0.15) is 36.0 Å². The fourth-order valence-electron chi connectivity index (χ4n) is 4.62. The number of nitrogens with zero attached hydrogens (tertiary/aromatic N) is 1. The number of ether oxygens (including phenoxy) is 1. The minimum Gasteiger partial charge on any atom is -0.493 e. The van der Waals surface area contributed by atoms with Crippen molar-refractivity contribution in [2.75, 3.05) is 26.2 Å². The molecule has 1 saturated heterocycles. The van der Waals surface area contributed by atoms with E-state index in [0.717, 1.165) is 43.7 Å². The van der Waals surface area contributed by atoms with Crippen LogP contribution in [0, 0.1) is 5.92 Å². The summed E-state index contributed by atoms with van der Waals surface area (Å²) in [6.07, 6.45) is -3.07. The van der Waals surface area contributed by atoms with E-state index in [2.05, 4.69) is 0 Å². The highest BCUT2D eigenvalue weighted by molar-refractivity contribution is 5.95. The minimum absolute atomic E-state index is 0.0657. The fourth-order valence-corrected chi connectivity index (χ4v) is 4.62. The highest BCUT2D eigenvalue weighted by atomic mass is 19.4. The first-order chi connectivity index (χ1) is 16.5. The van der Waals surface area contributed by atoms with Crippen molar-refractivity contribution in [2.45, 2.75) is 37.0 Å². The van der Waals surface area contributed by atoms with Crippen LogP contribution in [0.3, 0.4) is 0 Å². The zero-order chi connectivity index (χ0) is 25.3. The standard InChI is InChI=1S/C26H25F6NO2/c27-25(28,29)20-6-4-19(5-7-20)24(12-2-13-24)23(34)16-33-14-1-3-18(15-33)17-35-22-10-8-21(9-11-22)26(30,31)32/h2,4-12,18H,1,3,13-17H2. The SMILES string of the molecule is O=C(CN1CCCC(COc2ccc(C(F)(F)F)cc2)C1)C1(c2ccc(C(F)(F)F)cc2)C=CC1. The van der Waals surface area contributed by atoms with Gasteiger partial charge >= 0.3 is 12.4 Å². The average molecular weight is 497 g/mol. The highest BCUT2D eigenvalue weighted by Gasteiger charge is 2.42. The Morgan fingerprint density at radius 3 is 2.03 bits per heavy atom. The molecule has 35 heavy (non-hydrogen) atoms. The van der Waals surface area contributed by atoms with Crippen molar-refractivity contribution in [3.05, 3.63) is 77.4 Å². The number of Topliss-reactive ketones (excluding diaryl/α,β-unsaturated/α-hetero) is 1. The molecule has 0 bridgehead atoms. The third-order valence-corrected chi connectivity index (χ3v) is 6.70. The molecule has 1 aliphatic carbocycles. The molecule has 0 saturated carbocycles. The van der Waals surface area contributed by atoms with Gasteiger partial charge in [0.25, 0.3) is 0 Å². The lowest BCUT2D eigenvalue weighted by Crippen LogP contribution is -2.47. The summed E-state index contributed by atoms with van der Waals surface area (Å²) < 4.78 is 82.5. The van der Waals surface area contributed by atoms with Crippen molar-refractivity contribution in [3.63, 3.8) is 0 Å². The number of piperidine rings is 1. The largest absolute Gasteiger partial charge is 0.493 e. The second-order valence-electron chi connectivity index (χ2n) is 9.15. The molecule has 1 heterocycles. The number of carbonyl (C=O) groups is 1. The number of allylic oxidation sites excluding steroid dienone is 2. The molecule has 1 aliphatic heterocycles. The number of ketones is 1. The average Bonchev–Trinajstić information content (AvgIpc) is 2.77. The van der Waals surface area contributed by atoms with Gasteiger partial charge in [-0.15, -0.1) is 0 Å². The predicted octanol–water partition coefficient (Wildman–Crippen LogP) is 6.28. The number of hydrogen-bond donors (Lipinski definition) is 0. The summed E-state index contributed by atoms with van der Waals surface area (Å²) in [5.41, 5.74) is -1.84. The van der Waals surface area contributed by atoms with Crippen LogP contribution >= 0.6 is 0 Å². The maximum absolute atomic E-state index is 13.3. The summed E-state index contributed by atoms with van der Waals surface area (Å²) >= 11 is 0. The Morgan fingerprint density at radius 2 is 1.51 bits per heavy atom. The van der Waals surface area contributed by atoms with E-state index in [4.69, 9.17) is 4.74 Å². The molecule has 2 unspecified atom stereocenters. The molecule has 0 aromatic heterocycles. The molecule has 0 N–H and O–H groups in total. The predicted molar refractivity (Wildman–Crippen MR) is 118 cm³/mol. The molecule has 9 heteroatoms. The molecule has 2 aromatic rings. The van der Waals surface area contributed by atoms with Gasteiger partial charge in [0, 0.05) is 12.5 Å². The zero-order valence-electron chi connectivity index (χ0n) is 18.8. The van der Waals surface area contributed by atoms with E-state index in [9.17, 15) is 31.1 Å². The quantitative estimate of drug-likeness (QED) is 0.333. The number of halogens is 6. The second kappa shape index (κ2) is 9.68. The summed E-state index contributed by atoms with van der Waals surface area (Å²) in [7, 11) is 0. The van der Waals surface area contributed by atoms with Crippen molar-refractivity contribution in [2.24, 2.45) is 5.92 Å². The van der Waals surface area contributed by atoms with E-state index in [0.29, 0.717) is 30.9 Å². The smallest absolute Gasteiger partial charge is 0.416 e. The Bertz CT molecular complexity index is 1060. The third kappa shape index (κ3) is 5.72. The number of rotatable bonds is 7. The normalized spacial score (nSPS) is 23.1. The van der Waals surface area contributed by atoms with Crippen molar-refractivity contribution in [1.82, 2.24) is 4.90 Å². The van der Waals surface area contributed by atoms with E-state index in [-0.39, 0.29) is 18.2 Å². The van der Waals surface area contributed by atoms with Crippen molar-refractivity contribution in [1.29, 1.82) is 0 Å². The lowest BCUT2D eigenvalue weighted by Gasteiger charge is -2.38. The van der Waals surface area contributed by atoms with Crippen LogP contribution in [0.25, 0.3) is 0 Å². The van der Waals surface area contributed by atoms with E-state index >= 15 is 0 Å². The van der Waals surface area contributed by atoms with Gasteiger partial charge < -0.3 is 4.74 Å². The molecule has 1 fully saturated rings. The molecule has 188 valence electrons. The zero-order valence-corrected chi connectivity index (χ0v) is 18.8. The molecule has 4 rings (SSSR count).